The summed E-state index contributed by atoms with van der Waals surface area (Å²) >= 11 is 2.00. The lowest BCUT2D eigenvalue weighted by atomic mass is 9.95. The van der Waals surface area contributed by atoms with E-state index in [2.05, 4.69) is 17.2 Å². The van der Waals surface area contributed by atoms with Gasteiger partial charge in [0.2, 0.25) is 0 Å². The van der Waals surface area contributed by atoms with Gasteiger partial charge in [0.25, 0.3) is 5.91 Å². The van der Waals surface area contributed by atoms with Gasteiger partial charge in [-0.15, -0.1) is 0 Å². The highest BCUT2D eigenvalue weighted by molar-refractivity contribution is 7.99. The number of amides is 1. The summed E-state index contributed by atoms with van der Waals surface area (Å²) in [5, 5.41) is 3.82. The van der Waals surface area contributed by atoms with Crippen LogP contribution in [0.2, 0.25) is 0 Å². The van der Waals surface area contributed by atoms with Crippen LogP contribution in [0.25, 0.3) is 0 Å². The minimum Gasteiger partial charge on any atom is -0.448 e. The van der Waals surface area contributed by atoms with Crippen molar-refractivity contribution in [3.63, 3.8) is 0 Å². The molecular formula is C17H26N2O3S. The highest BCUT2D eigenvalue weighted by atomic mass is 32.2. The zero-order valence-corrected chi connectivity index (χ0v) is 14.6. The van der Waals surface area contributed by atoms with Gasteiger partial charge in [0, 0.05) is 30.4 Å². The lowest BCUT2D eigenvalue weighted by Gasteiger charge is -2.28. The molecule has 1 aromatic heterocycles. The van der Waals surface area contributed by atoms with Gasteiger partial charge in [0.1, 0.15) is 6.26 Å². The second kappa shape index (κ2) is 8.20. The second-order valence-corrected chi connectivity index (χ2v) is 7.95. The molecule has 0 aromatic carbocycles. The van der Waals surface area contributed by atoms with Crippen LogP contribution < -0.4 is 5.32 Å². The maximum atomic E-state index is 12.4. The van der Waals surface area contributed by atoms with E-state index in [-0.39, 0.29) is 17.9 Å². The first kappa shape index (κ1) is 16.8. The maximum Gasteiger partial charge on any atom is 0.273 e. The van der Waals surface area contributed by atoms with Crippen LogP contribution in [0.1, 0.15) is 67.7 Å². The van der Waals surface area contributed by atoms with E-state index in [1.54, 1.807) is 0 Å². The van der Waals surface area contributed by atoms with Crippen LogP contribution in [0.3, 0.4) is 0 Å². The number of hydrogen-bond acceptors (Lipinski definition) is 5. The molecule has 0 spiro atoms. The number of carbonyl (C=O) groups is 1. The molecule has 2 unspecified atom stereocenters. The third-order valence-corrected chi connectivity index (χ3v) is 5.92. The Hall–Kier alpha value is -1.01. The van der Waals surface area contributed by atoms with Crippen molar-refractivity contribution in [3.8, 4) is 0 Å². The average molecular weight is 338 g/mol. The second-order valence-electron chi connectivity index (χ2n) is 6.37. The number of nitrogens with zero attached hydrogens (tertiary/aromatic N) is 1. The van der Waals surface area contributed by atoms with E-state index in [4.69, 9.17) is 9.15 Å². The third kappa shape index (κ3) is 4.51. The number of ether oxygens (including phenoxy) is 1. The summed E-state index contributed by atoms with van der Waals surface area (Å²) in [6.07, 6.45) is 7.92. The number of oxazole rings is 1. The summed E-state index contributed by atoms with van der Waals surface area (Å²) in [4.78, 5) is 16.8. The minimum atomic E-state index is -0.0980. The van der Waals surface area contributed by atoms with Crippen LogP contribution >= 0.6 is 11.8 Å². The fraction of sp³-hybridized carbons (Fsp3) is 0.765. The lowest BCUT2D eigenvalue weighted by molar-refractivity contribution is 0.0794. The number of nitrogens with one attached hydrogen (secondary N) is 1. The van der Waals surface area contributed by atoms with Gasteiger partial charge in [-0.3, -0.25) is 4.79 Å². The zero-order chi connectivity index (χ0) is 16.1. The van der Waals surface area contributed by atoms with Gasteiger partial charge in [-0.05, 0) is 37.9 Å². The van der Waals surface area contributed by atoms with Crippen LogP contribution in [0.15, 0.2) is 10.7 Å². The van der Waals surface area contributed by atoms with Crippen molar-refractivity contribution in [2.45, 2.75) is 62.7 Å². The van der Waals surface area contributed by atoms with Gasteiger partial charge >= 0.3 is 0 Å². The normalized spacial score (nSPS) is 26.1. The molecule has 0 bridgehead atoms. The van der Waals surface area contributed by atoms with Crippen molar-refractivity contribution in [1.29, 1.82) is 0 Å². The van der Waals surface area contributed by atoms with Crippen molar-refractivity contribution >= 4 is 17.7 Å². The predicted octanol–water partition coefficient (Wildman–Crippen LogP) is 3.36. The molecule has 1 N–H and O–H groups in total. The molecule has 1 saturated heterocycles. The molecule has 1 aliphatic carbocycles. The number of rotatable bonds is 5. The first-order chi connectivity index (χ1) is 11.3. The molecule has 3 rings (SSSR count). The van der Waals surface area contributed by atoms with Crippen LogP contribution in [0, 0.1) is 0 Å². The van der Waals surface area contributed by atoms with Crippen molar-refractivity contribution in [2.75, 3.05) is 19.0 Å². The molecule has 5 nitrogen and oxygen atoms in total. The average Bonchev–Trinajstić information content (AvgIpc) is 3.06. The fourth-order valence-electron chi connectivity index (χ4n) is 3.45. The van der Waals surface area contributed by atoms with Gasteiger partial charge in [0.15, 0.2) is 11.6 Å². The van der Waals surface area contributed by atoms with E-state index >= 15 is 0 Å². The molecule has 1 aliphatic heterocycles. The van der Waals surface area contributed by atoms with Gasteiger partial charge in [-0.2, -0.15) is 11.8 Å². The fourth-order valence-corrected chi connectivity index (χ4v) is 4.62. The molecule has 23 heavy (non-hydrogen) atoms. The van der Waals surface area contributed by atoms with E-state index in [0.717, 1.165) is 44.6 Å². The summed E-state index contributed by atoms with van der Waals surface area (Å²) in [5.74, 6) is 2.01. The van der Waals surface area contributed by atoms with E-state index in [9.17, 15) is 4.79 Å². The Labute approximate surface area is 141 Å². The Kier molecular flexibility index (Phi) is 6.00. The highest BCUT2D eigenvalue weighted by Gasteiger charge is 2.26. The van der Waals surface area contributed by atoms with E-state index < -0.39 is 0 Å². The Morgan fingerprint density at radius 2 is 2.17 bits per heavy atom. The quantitative estimate of drug-likeness (QED) is 0.892. The Bertz CT molecular complexity index is 512. The highest BCUT2D eigenvalue weighted by Crippen LogP contribution is 2.29. The molecule has 1 aromatic rings. The summed E-state index contributed by atoms with van der Waals surface area (Å²) in [5.41, 5.74) is 0.414. The van der Waals surface area contributed by atoms with Crippen LogP contribution in [0.5, 0.6) is 0 Å². The van der Waals surface area contributed by atoms with Crippen LogP contribution in [-0.2, 0) is 4.74 Å². The van der Waals surface area contributed by atoms with E-state index in [1.807, 2.05) is 11.8 Å². The largest absolute Gasteiger partial charge is 0.448 e. The molecule has 2 atom stereocenters. The topological polar surface area (TPSA) is 64.4 Å². The molecule has 2 aliphatic rings. The summed E-state index contributed by atoms with van der Waals surface area (Å²) in [7, 11) is 0. The zero-order valence-electron chi connectivity index (χ0n) is 13.8. The molecule has 2 heterocycles. The number of carbonyl (C=O) groups excluding carboxylic acids is 1. The minimum absolute atomic E-state index is 0.0980. The Morgan fingerprint density at radius 3 is 2.96 bits per heavy atom. The molecule has 128 valence electrons. The first-order valence-corrected chi connectivity index (χ1v) is 9.76. The summed E-state index contributed by atoms with van der Waals surface area (Å²) < 4.78 is 10.9. The molecular weight excluding hydrogens is 312 g/mol. The molecule has 1 saturated carbocycles. The van der Waals surface area contributed by atoms with Crippen LogP contribution in [-0.4, -0.2) is 41.1 Å². The predicted molar refractivity (Wildman–Crippen MR) is 90.9 cm³/mol. The standard InChI is InChI=1S/C17H26N2O3S/c1-2-23-14-5-3-4-13(10-14)18-16(20)15-11-22-17(19-15)12-6-8-21-9-7-12/h11-14H,2-10H2,1H3,(H,18,20). The summed E-state index contributed by atoms with van der Waals surface area (Å²) in [6, 6.07) is 0.267. The van der Waals surface area contributed by atoms with Crippen molar-refractivity contribution in [1.82, 2.24) is 10.3 Å². The van der Waals surface area contributed by atoms with Crippen molar-refractivity contribution in [3.05, 3.63) is 17.8 Å². The number of hydrogen-bond donors (Lipinski definition) is 1. The Balaban J connectivity index is 1.54. The SMILES string of the molecule is CCSC1CCCC(NC(=O)c2coc(C3CCOCC3)n2)C1. The monoisotopic (exact) mass is 338 g/mol. The van der Waals surface area contributed by atoms with E-state index in [0.29, 0.717) is 16.8 Å². The summed E-state index contributed by atoms with van der Waals surface area (Å²) in [6.45, 7) is 3.68. The maximum absolute atomic E-state index is 12.4. The van der Waals surface area contributed by atoms with Crippen molar-refractivity contribution in [2.24, 2.45) is 0 Å². The van der Waals surface area contributed by atoms with Gasteiger partial charge < -0.3 is 14.5 Å². The smallest absolute Gasteiger partial charge is 0.273 e. The van der Waals surface area contributed by atoms with Gasteiger partial charge in [0.05, 0.1) is 0 Å². The van der Waals surface area contributed by atoms with Gasteiger partial charge in [-0.25, -0.2) is 4.98 Å². The third-order valence-electron chi connectivity index (χ3n) is 4.69. The molecule has 0 radical (unpaired) electrons. The van der Waals surface area contributed by atoms with E-state index in [1.165, 1.54) is 19.1 Å². The Morgan fingerprint density at radius 1 is 1.35 bits per heavy atom. The van der Waals surface area contributed by atoms with Crippen molar-refractivity contribution < 1.29 is 13.9 Å². The number of aromatic nitrogens is 1. The molecule has 6 heteroatoms. The number of thioether (sulfide) groups is 1. The lowest BCUT2D eigenvalue weighted by Crippen LogP contribution is -2.39. The molecule has 1 amide bonds. The van der Waals surface area contributed by atoms with Gasteiger partial charge in [-0.1, -0.05) is 13.3 Å². The van der Waals surface area contributed by atoms with Crippen LogP contribution in [0.4, 0.5) is 0 Å². The first-order valence-electron chi connectivity index (χ1n) is 8.72. The molecule has 2 fully saturated rings.